The van der Waals surface area contributed by atoms with Crippen molar-refractivity contribution < 1.29 is 9.53 Å². The molecular weight excluding hydrogens is 316 g/mol. The molecule has 1 saturated heterocycles. The summed E-state index contributed by atoms with van der Waals surface area (Å²) in [6.07, 6.45) is 7.66. The van der Waals surface area contributed by atoms with Crippen LogP contribution in [0.4, 0.5) is 5.82 Å². The Labute approximate surface area is 143 Å². The molecule has 0 radical (unpaired) electrons. The zero-order valence-electron chi connectivity index (χ0n) is 13.5. The van der Waals surface area contributed by atoms with Gasteiger partial charge in [-0.25, -0.2) is 0 Å². The number of hydrogen-bond donors (Lipinski definition) is 3. The number of carbonyl (C=O) groups excluding carboxylic acids is 1. The maximum absolute atomic E-state index is 12.6. The minimum Gasteiger partial charge on any atom is -0.381 e. The molecule has 2 heterocycles. The van der Waals surface area contributed by atoms with Crippen LogP contribution in [0.1, 0.15) is 56.6 Å². The van der Waals surface area contributed by atoms with Crippen LogP contribution in [-0.2, 0) is 9.53 Å². The molecular formula is C16H27ClN4O2. The number of hydrogen-bond acceptors (Lipinski definition) is 4. The van der Waals surface area contributed by atoms with E-state index in [9.17, 15) is 4.79 Å². The lowest BCUT2D eigenvalue weighted by Gasteiger charge is -2.34. The van der Waals surface area contributed by atoms with Crippen molar-refractivity contribution in [1.29, 1.82) is 0 Å². The molecule has 0 aromatic carbocycles. The standard InChI is InChI=1S/C16H26N4O2.ClH/c17-11-16(6-8-22-9-7-16)15(21)18-14-10-13(19-20-14)12-4-2-1-3-5-12;/h10,12H,1-9,11,17H2,(H2,18,19,20,21);1H. The van der Waals surface area contributed by atoms with E-state index in [-0.39, 0.29) is 18.3 Å². The van der Waals surface area contributed by atoms with Crippen molar-refractivity contribution in [2.75, 3.05) is 25.1 Å². The van der Waals surface area contributed by atoms with Crippen LogP contribution >= 0.6 is 12.4 Å². The molecule has 0 atom stereocenters. The lowest BCUT2D eigenvalue weighted by Crippen LogP contribution is -2.46. The Balaban J connectivity index is 0.00000192. The van der Waals surface area contributed by atoms with Gasteiger partial charge in [-0.05, 0) is 25.7 Å². The molecule has 1 aliphatic heterocycles. The number of nitrogens with zero attached hydrogens (tertiary/aromatic N) is 1. The smallest absolute Gasteiger partial charge is 0.233 e. The maximum Gasteiger partial charge on any atom is 0.233 e. The lowest BCUT2D eigenvalue weighted by molar-refractivity contribution is -0.130. The number of nitrogens with one attached hydrogen (secondary N) is 2. The highest BCUT2D eigenvalue weighted by Crippen LogP contribution is 2.33. The van der Waals surface area contributed by atoms with Crippen molar-refractivity contribution in [1.82, 2.24) is 10.2 Å². The molecule has 2 fully saturated rings. The first-order chi connectivity index (χ1) is 10.7. The molecule has 1 aromatic rings. The number of nitrogens with two attached hydrogens (primary N) is 1. The summed E-state index contributed by atoms with van der Waals surface area (Å²) in [4.78, 5) is 12.6. The summed E-state index contributed by atoms with van der Waals surface area (Å²) in [6, 6.07) is 1.98. The van der Waals surface area contributed by atoms with E-state index >= 15 is 0 Å². The molecule has 6 nitrogen and oxygen atoms in total. The van der Waals surface area contributed by atoms with E-state index in [4.69, 9.17) is 10.5 Å². The fourth-order valence-corrected chi connectivity index (χ4v) is 3.56. The quantitative estimate of drug-likeness (QED) is 0.784. The Morgan fingerprint density at radius 2 is 2.04 bits per heavy atom. The minimum atomic E-state index is -0.512. The Hall–Kier alpha value is -1.11. The molecule has 3 rings (SSSR count). The number of ether oxygens (including phenoxy) is 1. The average molecular weight is 343 g/mol. The minimum absolute atomic E-state index is 0. The molecule has 1 aliphatic carbocycles. The summed E-state index contributed by atoms with van der Waals surface area (Å²) < 4.78 is 5.35. The van der Waals surface area contributed by atoms with Gasteiger partial charge in [0, 0.05) is 37.4 Å². The second-order valence-electron chi connectivity index (χ2n) is 6.59. The third-order valence-corrected chi connectivity index (χ3v) is 5.21. The largest absolute Gasteiger partial charge is 0.381 e. The summed E-state index contributed by atoms with van der Waals surface area (Å²) in [5.41, 5.74) is 6.50. The third-order valence-electron chi connectivity index (χ3n) is 5.21. The molecule has 1 amide bonds. The highest BCUT2D eigenvalue weighted by atomic mass is 35.5. The summed E-state index contributed by atoms with van der Waals surface area (Å²) in [7, 11) is 0. The molecule has 1 aromatic heterocycles. The first-order valence-electron chi connectivity index (χ1n) is 8.38. The van der Waals surface area contributed by atoms with Crippen molar-refractivity contribution in [2.45, 2.75) is 50.9 Å². The second-order valence-corrected chi connectivity index (χ2v) is 6.59. The summed E-state index contributed by atoms with van der Waals surface area (Å²) in [5, 5.41) is 10.3. The lowest BCUT2D eigenvalue weighted by atomic mass is 9.79. The SMILES string of the molecule is Cl.NCC1(C(=O)Nc2cc(C3CCCCC3)[nH]n2)CCOCC1. The van der Waals surface area contributed by atoms with Crippen molar-refractivity contribution in [3.63, 3.8) is 0 Å². The first-order valence-corrected chi connectivity index (χ1v) is 8.38. The number of aromatic amines is 1. The highest BCUT2D eigenvalue weighted by molar-refractivity contribution is 5.94. The van der Waals surface area contributed by atoms with Crippen LogP contribution in [0.2, 0.25) is 0 Å². The van der Waals surface area contributed by atoms with Gasteiger partial charge in [0.15, 0.2) is 5.82 Å². The van der Waals surface area contributed by atoms with E-state index in [1.165, 1.54) is 32.1 Å². The van der Waals surface area contributed by atoms with Gasteiger partial charge in [-0.15, -0.1) is 12.4 Å². The normalized spacial score (nSPS) is 21.4. The number of aromatic nitrogens is 2. The zero-order chi connectivity index (χ0) is 15.4. The number of amides is 1. The molecule has 7 heteroatoms. The van der Waals surface area contributed by atoms with Crippen molar-refractivity contribution >= 4 is 24.1 Å². The fourth-order valence-electron chi connectivity index (χ4n) is 3.56. The van der Waals surface area contributed by atoms with Gasteiger partial charge in [0.2, 0.25) is 5.91 Å². The first kappa shape index (κ1) is 18.2. The molecule has 2 aliphatic rings. The molecule has 130 valence electrons. The number of H-pyrrole nitrogens is 1. The van der Waals surface area contributed by atoms with Crippen LogP contribution in [0, 0.1) is 5.41 Å². The van der Waals surface area contributed by atoms with Crippen LogP contribution in [0.15, 0.2) is 6.07 Å². The second kappa shape index (κ2) is 8.13. The van der Waals surface area contributed by atoms with E-state index in [2.05, 4.69) is 15.5 Å². The zero-order valence-corrected chi connectivity index (χ0v) is 14.3. The van der Waals surface area contributed by atoms with Gasteiger partial charge in [-0.3, -0.25) is 9.89 Å². The van der Waals surface area contributed by atoms with Gasteiger partial charge in [-0.1, -0.05) is 19.3 Å². The van der Waals surface area contributed by atoms with Crippen molar-refractivity contribution in [3.8, 4) is 0 Å². The van der Waals surface area contributed by atoms with Crippen LogP contribution in [-0.4, -0.2) is 35.9 Å². The fraction of sp³-hybridized carbons (Fsp3) is 0.750. The van der Waals surface area contributed by atoms with Gasteiger partial charge in [-0.2, -0.15) is 5.10 Å². The van der Waals surface area contributed by atoms with Crippen LogP contribution in [0.25, 0.3) is 0 Å². The van der Waals surface area contributed by atoms with Crippen molar-refractivity contribution in [3.05, 3.63) is 11.8 Å². The number of rotatable bonds is 4. The molecule has 1 saturated carbocycles. The Kier molecular flexibility index (Phi) is 6.44. The molecule has 0 unspecified atom stereocenters. The van der Waals surface area contributed by atoms with Gasteiger partial charge in [0.05, 0.1) is 5.41 Å². The topological polar surface area (TPSA) is 93.0 Å². The number of anilines is 1. The van der Waals surface area contributed by atoms with E-state index in [0.29, 0.717) is 44.3 Å². The summed E-state index contributed by atoms with van der Waals surface area (Å²) in [6.45, 7) is 1.54. The molecule has 0 bridgehead atoms. The molecule has 4 N–H and O–H groups in total. The van der Waals surface area contributed by atoms with Crippen LogP contribution in [0.5, 0.6) is 0 Å². The third kappa shape index (κ3) is 4.05. The Bertz CT molecular complexity index is 508. The summed E-state index contributed by atoms with van der Waals surface area (Å²) in [5.74, 6) is 1.14. The van der Waals surface area contributed by atoms with E-state index in [1.807, 2.05) is 6.07 Å². The van der Waals surface area contributed by atoms with E-state index in [1.54, 1.807) is 0 Å². The predicted octanol–water partition coefficient (Wildman–Crippen LogP) is 2.57. The summed E-state index contributed by atoms with van der Waals surface area (Å²) >= 11 is 0. The molecule has 0 spiro atoms. The van der Waals surface area contributed by atoms with Gasteiger partial charge in [0.1, 0.15) is 0 Å². The average Bonchev–Trinajstić information content (AvgIpc) is 3.05. The number of halogens is 1. The van der Waals surface area contributed by atoms with Crippen LogP contribution in [0.3, 0.4) is 0 Å². The van der Waals surface area contributed by atoms with Gasteiger partial charge in [0.25, 0.3) is 0 Å². The Morgan fingerprint density at radius 3 is 2.70 bits per heavy atom. The molecule has 23 heavy (non-hydrogen) atoms. The van der Waals surface area contributed by atoms with Crippen LogP contribution < -0.4 is 11.1 Å². The highest BCUT2D eigenvalue weighted by Gasteiger charge is 2.39. The Morgan fingerprint density at radius 1 is 1.35 bits per heavy atom. The van der Waals surface area contributed by atoms with Crippen molar-refractivity contribution in [2.24, 2.45) is 11.1 Å². The monoisotopic (exact) mass is 342 g/mol. The van der Waals surface area contributed by atoms with E-state index < -0.39 is 5.41 Å². The van der Waals surface area contributed by atoms with E-state index in [0.717, 1.165) is 5.69 Å². The number of carbonyl (C=O) groups is 1. The van der Waals surface area contributed by atoms with Gasteiger partial charge < -0.3 is 15.8 Å². The van der Waals surface area contributed by atoms with Gasteiger partial charge >= 0.3 is 0 Å². The predicted molar refractivity (Wildman–Crippen MR) is 91.8 cm³/mol. The maximum atomic E-state index is 12.6.